The molecule has 0 heterocycles. The van der Waals surface area contributed by atoms with Crippen LogP contribution in [0.2, 0.25) is 0 Å². The molecule has 3 heteroatoms. The maximum atomic E-state index is 8.46. The van der Waals surface area contributed by atoms with Crippen LogP contribution in [0.15, 0.2) is 24.3 Å². The van der Waals surface area contributed by atoms with E-state index in [2.05, 4.69) is 0 Å². The van der Waals surface area contributed by atoms with Crippen molar-refractivity contribution in [1.29, 1.82) is 5.26 Å². The first-order valence-electron chi connectivity index (χ1n) is 3.64. The van der Waals surface area contributed by atoms with Gasteiger partial charge in [0, 0.05) is 11.8 Å². The lowest BCUT2D eigenvalue weighted by Crippen LogP contribution is -2.07. The highest BCUT2D eigenvalue weighted by Crippen LogP contribution is 2.15. The molecule has 0 aliphatic carbocycles. The maximum absolute atomic E-state index is 8.46. The predicted molar refractivity (Wildman–Crippen MR) is 46.6 cm³/mol. The summed E-state index contributed by atoms with van der Waals surface area (Å²) in [6, 6.07) is 8.98. The van der Waals surface area contributed by atoms with Crippen molar-refractivity contribution in [2.24, 2.45) is 0 Å². The molecule has 0 saturated carbocycles. The Balaban J connectivity index is 2.71. The summed E-state index contributed by atoms with van der Waals surface area (Å²) in [4.78, 5) is 0. The second-order valence-corrected chi connectivity index (χ2v) is 2.46. The lowest BCUT2D eigenvalue weighted by molar-refractivity contribution is 0.276. The smallest absolute Gasteiger partial charge is 0.181 e. The Hall–Kier alpha value is -1.69. The minimum absolute atomic E-state index is 0.438. The molecule has 2 N–H and O–H groups in total. The molecule has 1 aromatic carbocycles. The van der Waals surface area contributed by atoms with E-state index >= 15 is 0 Å². The summed E-state index contributed by atoms with van der Waals surface area (Å²) < 4.78 is 5.20. The van der Waals surface area contributed by atoms with Gasteiger partial charge in [-0.2, -0.15) is 5.26 Å². The van der Waals surface area contributed by atoms with Crippen LogP contribution in [0, 0.1) is 11.3 Å². The zero-order valence-electron chi connectivity index (χ0n) is 6.82. The van der Waals surface area contributed by atoms with Gasteiger partial charge in [-0.15, -0.1) is 0 Å². The van der Waals surface area contributed by atoms with Crippen molar-refractivity contribution < 1.29 is 4.74 Å². The van der Waals surface area contributed by atoms with E-state index in [0.29, 0.717) is 11.4 Å². The quantitative estimate of drug-likeness (QED) is 0.671. The molecule has 0 amide bonds. The summed E-state index contributed by atoms with van der Waals surface area (Å²) in [5, 5.41) is 8.46. The van der Waals surface area contributed by atoms with E-state index < -0.39 is 6.10 Å². The van der Waals surface area contributed by atoms with Gasteiger partial charge in [0.25, 0.3) is 0 Å². The number of rotatable bonds is 2. The van der Waals surface area contributed by atoms with Gasteiger partial charge in [-0.05, 0) is 19.1 Å². The summed E-state index contributed by atoms with van der Waals surface area (Å²) >= 11 is 0. The van der Waals surface area contributed by atoms with Crippen molar-refractivity contribution in [3.8, 4) is 11.8 Å². The van der Waals surface area contributed by atoms with Crippen molar-refractivity contribution in [2.75, 3.05) is 5.73 Å². The Morgan fingerprint density at radius 3 is 2.92 bits per heavy atom. The van der Waals surface area contributed by atoms with Crippen LogP contribution in [-0.2, 0) is 0 Å². The number of anilines is 1. The van der Waals surface area contributed by atoms with Gasteiger partial charge in [0.05, 0.1) is 0 Å². The zero-order chi connectivity index (χ0) is 8.97. The number of benzene rings is 1. The molecule has 3 nitrogen and oxygen atoms in total. The Morgan fingerprint density at radius 2 is 2.33 bits per heavy atom. The highest BCUT2D eigenvalue weighted by atomic mass is 16.5. The number of nitrogens with two attached hydrogens (primary N) is 1. The monoisotopic (exact) mass is 162 g/mol. The zero-order valence-corrected chi connectivity index (χ0v) is 6.82. The van der Waals surface area contributed by atoms with E-state index in [9.17, 15) is 0 Å². The Labute approximate surface area is 71.4 Å². The van der Waals surface area contributed by atoms with Crippen molar-refractivity contribution in [2.45, 2.75) is 13.0 Å². The second-order valence-electron chi connectivity index (χ2n) is 2.46. The Kier molecular flexibility index (Phi) is 2.54. The van der Waals surface area contributed by atoms with Gasteiger partial charge in [-0.3, -0.25) is 0 Å². The van der Waals surface area contributed by atoms with E-state index in [-0.39, 0.29) is 0 Å². The molecule has 1 atom stereocenters. The topological polar surface area (TPSA) is 59.0 Å². The Bertz CT molecular complexity index is 304. The van der Waals surface area contributed by atoms with Crippen LogP contribution in [0.5, 0.6) is 5.75 Å². The van der Waals surface area contributed by atoms with E-state index in [1.807, 2.05) is 6.07 Å². The van der Waals surface area contributed by atoms with Crippen molar-refractivity contribution in [1.82, 2.24) is 0 Å². The summed E-state index contributed by atoms with van der Waals surface area (Å²) in [5.41, 5.74) is 6.15. The van der Waals surface area contributed by atoms with Crippen LogP contribution in [0.1, 0.15) is 6.92 Å². The average molecular weight is 162 g/mol. The molecule has 1 rings (SSSR count). The summed E-state index contributed by atoms with van der Waals surface area (Å²) in [7, 11) is 0. The second kappa shape index (κ2) is 3.63. The van der Waals surface area contributed by atoms with Crippen molar-refractivity contribution in [3.05, 3.63) is 24.3 Å². The van der Waals surface area contributed by atoms with E-state index in [4.69, 9.17) is 15.7 Å². The average Bonchev–Trinajstić information content (AvgIpc) is 2.04. The number of nitriles is 1. The fraction of sp³-hybridized carbons (Fsp3) is 0.222. The van der Waals surface area contributed by atoms with Crippen LogP contribution in [0.25, 0.3) is 0 Å². The third-order valence-electron chi connectivity index (χ3n) is 1.35. The van der Waals surface area contributed by atoms with Crippen molar-refractivity contribution >= 4 is 5.69 Å². The van der Waals surface area contributed by atoms with Gasteiger partial charge < -0.3 is 10.5 Å². The van der Waals surface area contributed by atoms with E-state index in [1.54, 1.807) is 31.2 Å². The lowest BCUT2D eigenvalue weighted by atomic mass is 10.3. The minimum Gasteiger partial charge on any atom is -0.476 e. The van der Waals surface area contributed by atoms with E-state index in [0.717, 1.165) is 0 Å². The third kappa shape index (κ3) is 2.17. The fourth-order valence-corrected chi connectivity index (χ4v) is 0.818. The van der Waals surface area contributed by atoms with Gasteiger partial charge in [0.15, 0.2) is 6.10 Å². The van der Waals surface area contributed by atoms with E-state index in [1.165, 1.54) is 0 Å². The molecular weight excluding hydrogens is 152 g/mol. The molecule has 0 aromatic heterocycles. The molecule has 62 valence electrons. The summed E-state index contributed by atoms with van der Waals surface area (Å²) in [6.07, 6.45) is -0.438. The summed E-state index contributed by atoms with van der Waals surface area (Å²) in [6.45, 7) is 1.68. The van der Waals surface area contributed by atoms with Crippen LogP contribution < -0.4 is 10.5 Å². The van der Waals surface area contributed by atoms with Crippen LogP contribution >= 0.6 is 0 Å². The predicted octanol–water partition coefficient (Wildman–Crippen LogP) is 1.56. The SMILES string of the molecule is CC(C#N)Oc1cccc(N)c1. The number of nitrogens with zero attached hydrogens (tertiary/aromatic N) is 1. The molecule has 0 saturated heterocycles. The maximum Gasteiger partial charge on any atom is 0.181 e. The first kappa shape index (κ1) is 8.41. The first-order valence-corrected chi connectivity index (χ1v) is 3.64. The molecule has 0 aliphatic heterocycles. The molecule has 0 fully saturated rings. The van der Waals surface area contributed by atoms with Gasteiger partial charge >= 0.3 is 0 Å². The molecule has 12 heavy (non-hydrogen) atoms. The largest absolute Gasteiger partial charge is 0.476 e. The van der Waals surface area contributed by atoms with Crippen LogP contribution in [0.3, 0.4) is 0 Å². The number of hydrogen-bond acceptors (Lipinski definition) is 3. The molecule has 1 unspecified atom stereocenters. The van der Waals surface area contributed by atoms with Crippen LogP contribution in [-0.4, -0.2) is 6.10 Å². The summed E-state index contributed by atoms with van der Waals surface area (Å²) in [5.74, 6) is 0.629. The molecule has 0 radical (unpaired) electrons. The number of hydrogen-bond donors (Lipinski definition) is 1. The lowest BCUT2D eigenvalue weighted by Gasteiger charge is -2.07. The van der Waals surface area contributed by atoms with Crippen LogP contribution in [0.4, 0.5) is 5.69 Å². The highest BCUT2D eigenvalue weighted by Gasteiger charge is 2.00. The molecule has 0 aliphatic rings. The van der Waals surface area contributed by atoms with Crippen molar-refractivity contribution in [3.63, 3.8) is 0 Å². The Morgan fingerprint density at radius 1 is 1.58 bits per heavy atom. The fourth-order valence-electron chi connectivity index (χ4n) is 0.818. The number of ether oxygens (including phenoxy) is 1. The third-order valence-corrected chi connectivity index (χ3v) is 1.35. The molecule has 0 spiro atoms. The number of nitrogen functional groups attached to an aromatic ring is 1. The van der Waals surface area contributed by atoms with Gasteiger partial charge in [-0.1, -0.05) is 6.07 Å². The normalized spacial score (nSPS) is 11.7. The minimum atomic E-state index is -0.438. The molecular formula is C9H10N2O. The standard InChI is InChI=1S/C9H10N2O/c1-7(6-10)12-9-4-2-3-8(11)5-9/h2-5,7H,11H2,1H3. The first-order chi connectivity index (χ1) is 5.72. The van der Waals surface area contributed by atoms with Gasteiger partial charge in [0.1, 0.15) is 11.8 Å². The van der Waals surface area contributed by atoms with Gasteiger partial charge in [-0.25, -0.2) is 0 Å². The highest BCUT2D eigenvalue weighted by molar-refractivity contribution is 5.43. The van der Waals surface area contributed by atoms with Gasteiger partial charge in [0.2, 0.25) is 0 Å². The molecule has 1 aromatic rings. The molecule has 0 bridgehead atoms.